The van der Waals surface area contributed by atoms with E-state index in [1.807, 2.05) is 0 Å². The third-order valence-corrected chi connectivity index (χ3v) is 4.52. The molecule has 1 amide bonds. The van der Waals surface area contributed by atoms with Crippen LogP contribution < -0.4 is 11.0 Å². The summed E-state index contributed by atoms with van der Waals surface area (Å²) in [4.78, 5) is 48.4. The van der Waals surface area contributed by atoms with Crippen LogP contribution in [-0.2, 0) is 16.6 Å². The van der Waals surface area contributed by atoms with Gasteiger partial charge in [-0.2, -0.15) is 5.10 Å². The van der Waals surface area contributed by atoms with Crippen molar-refractivity contribution >= 4 is 28.4 Å². The molecule has 0 aliphatic rings. The van der Waals surface area contributed by atoms with Gasteiger partial charge >= 0.3 is 5.97 Å². The molecule has 3 rings (SSSR count). The Morgan fingerprint density at radius 3 is 2.45 bits per heavy atom. The molecule has 2 heterocycles. The van der Waals surface area contributed by atoms with Crippen molar-refractivity contribution in [2.75, 3.05) is 12.0 Å². The normalized spacial score (nSPS) is 10.8. The van der Waals surface area contributed by atoms with Crippen LogP contribution in [0.25, 0.3) is 10.8 Å². The molecular weight excluding hydrogens is 376 g/mol. The molecule has 9 nitrogen and oxygen atoms in total. The van der Waals surface area contributed by atoms with Crippen LogP contribution in [0.15, 0.2) is 35.1 Å². The number of ether oxygens (including phenoxy) is 1. The molecule has 1 aromatic carbocycles. The minimum atomic E-state index is -0.548. The summed E-state index contributed by atoms with van der Waals surface area (Å²) >= 11 is 0. The Labute approximate surface area is 165 Å². The van der Waals surface area contributed by atoms with Crippen molar-refractivity contribution in [3.05, 3.63) is 63.3 Å². The highest BCUT2D eigenvalue weighted by Crippen LogP contribution is 2.17. The molecule has 0 aliphatic heterocycles. The van der Waals surface area contributed by atoms with Crippen molar-refractivity contribution in [2.24, 2.45) is 7.05 Å². The Morgan fingerprint density at radius 1 is 1.14 bits per heavy atom. The van der Waals surface area contributed by atoms with Gasteiger partial charge in [-0.15, -0.1) is 0 Å². The monoisotopic (exact) mass is 396 g/mol. The Hall–Kier alpha value is -3.75. The minimum absolute atomic E-state index is 0.0861. The SMILES string of the molecule is CC(=O)OCC(=O)c1cc(C)n(NC(=O)c2nn(C)c(=O)c3ccccc23)c1C. The van der Waals surface area contributed by atoms with Gasteiger partial charge in [0.2, 0.25) is 5.78 Å². The highest BCUT2D eigenvalue weighted by atomic mass is 16.5. The van der Waals surface area contributed by atoms with Gasteiger partial charge in [-0.25, -0.2) is 4.68 Å². The van der Waals surface area contributed by atoms with Crippen molar-refractivity contribution in [2.45, 2.75) is 20.8 Å². The molecule has 0 saturated carbocycles. The highest BCUT2D eigenvalue weighted by Gasteiger charge is 2.20. The van der Waals surface area contributed by atoms with Gasteiger partial charge in [0.15, 0.2) is 12.3 Å². The molecule has 0 spiro atoms. The predicted octanol–water partition coefficient (Wildman–Crippen LogP) is 1.48. The Balaban J connectivity index is 1.96. The molecule has 2 aromatic heterocycles. The van der Waals surface area contributed by atoms with Crippen LogP contribution in [0.3, 0.4) is 0 Å². The zero-order valence-corrected chi connectivity index (χ0v) is 16.5. The Kier molecular flexibility index (Phi) is 5.31. The lowest BCUT2D eigenvalue weighted by Crippen LogP contribution is -2.30. The Morgan fingerprint density at radius 2 is 1.79 bits per heavy atom. The van der Waals surface area contributed by atoms with Gasteiger partial charge in [-0.3, -0.25) is 29.3 Å². The maximum absolute atomic E-state index is 12.9. The molecule has 1 N–H and O–H groups in total. The zero-order chi connectivity index (χ0) is 21.3. The van der Waals surface area contributed by atoms with Crippen molar-refractivity contribution < 1.29 is 19.1 Å². The largest absolute Gasteiger partial charge is 0.457 e. The van der Waals surface area contributed by atoms with Crippen LogP contribution in [0.4, 0.5) is 0 Å². The van der Waals surface area contributed by atoms with E-state index in [1.165, 1.54) is 18.6 Å². The van der Waals surface area contributed by atoms with E-state index in [9.17, 15) is 19.2 Å². The van der Waals surface area contributed by atoms with Gasteiger partial charge in [-0.1, -0.05) is 18.2 Å². The first-order chi connectivity index (χ1) is 13.7. The van der Waals surface area contributed by atoms with E-state index in [2.05, 4.69) is 10.5 Å². The number of Topliss-reactive ketones (excluding diaryl/α,β-unsaturated/α-hetero) is 1. The lowest BCUT2D eigenvalue weighted by molar-refractivity contribution is -0.139. The van der Waals surface area contributed by atoms with Crippen LogP contribution in [0, 0.1) is 13.8 Å². The molecule has 3 aromatic rings. The second kappa shape index (κ2) is 7.70. The molecule has 0 atom stereocenters. The number of aromatic nitrogens is 3. The smallest absolute Gasteiger partial charge is 0.303 e. The van der Waals surface area contributed by atoms with E-state index < -0.39 is 11.9 Å². The quantitative estimate of drug-likeness (QED) is 0.516. The summed E-state index contributed by atoms with van der Waals surface area (Å²) in [5.74, 6) is -1.45. The number of carbonyl (C=O) groups excluding carboxylic acids is 3. The number of hydrogen-bond donors (Lipinski definition) is 1. The van der Waals surface area contributed by atoms with E-state index >= 15 is 0 Å². The molecular formula is C20H20N4O5. The summed E-state index contributed by atoms with van der Waals surface area (Å²) in [5.41, 5.74) is 3.93. The van der Waals surface area contributed by atoms with Crippen LogP contribution in [0.1, 0.15) is 39.2 Å². The molecule has 0 aliphatic carbocycles. The zero-order valence-electron chi connectivity index (χ0n) is 16.5. The fourth-order valence-corrected chi connectivity index (χ4v) is 3.08. The second-order valence-corrected chi connectivity index (χ2v) is 6.59. The van der Waals surface area contributed by atoms with Gasteiger partial charge in [0.25, 0.3) is 11.5 Å². The number of amides is 1. The number of nitrogens with one attached hydrogen (secondary N) is 1. The van der Waals surface area contributed by atoms with E-state index in [0.29, 0.717) is 27.7 Å². The average molecular weight is 396 g/mol. The number of nitrogens with zero attached hydrogens (tertiary/aromatic N) is 3. The summed E-state index contributed by atoms with van der Waals surface area (Å²) < 4.78 is 7.33. The first kappa shape index (κ1) is 20.0. The van der Waals surface area contributed by atoms with E-state index in [-0.39, 0.29) is 23.6 Å². The molecule has 0 bridgehead atoms. The number of benzene rings is 1. The topological polar surface area (TPSA) is 112 Å². The first-order valence-electron chi connectivity index (χ1n) is 8.83. The number of carbonyl (C=O) groups is 3. The number of rotatable bonds is 5. The van der Waals surface area contributed by atoms with E-state index in [0.717, 1.165) is 4.68 Å². The van der Waals surface area contributed by atoms with Crippen molar-refractivity contribution in [3.63, 3.8) is 0 Å². The molecule has 0 saturated heterocycles. The molecule has 0 fully saturated rings. The van der Waals surface area contributed by atoms with Crippen molar-refractivity contribution in [1.29, 1.82) is 0 Å². The lowest BCUT2D eigenvalue weighted by Gasteiger charge is -2.13. The third kappa shape index (κ3) is 3.79. The standard InChI is InChI=1S/C20H20N4O5/c1-11-9-16(17(26)10-29-13(3)25)12(2)24(11)22-19(27)18-14-7-5-6-8-15(14)20(28)23(4)21-18/h5-9H,10H2,1-4H3,(H,22,27). The summed E-state index contributed by atoms with van der Waals surface area (Å²) in [5, 5.41) is 4.92. The number of ketones is 1. The van der Waals surface area contributed by atoms with Gasteiger partial charge in [0, 0.05) is 36.3 Å². The number of esters is 1. The van der Waals surface area contributed by atoms with E-state index in [1.54, 1.807) is 44.2 Å². The molecule has 150 valence electrons. The van der Waals surface area contributed by atoms with E-state index in [4.69, 9.17) is 4.74 Å². The summed E-state index contributed by atoms with van der Waals surface area (Å²) in [7, 11) is 1.48. The molecule has 29 heavy (non-hydrogen) atoms. The lowest BCUT2D eigenvalue weighted by atomic mass is 10.1. The summed E-state index contributed by atoms with van der Waals surface area (Å²) in [6.45, 7) is 4.24. The third-order valence-electron chi connectivity index (χ3n) is 4.52. The maximum Gasteiger partial charge on any atom is 0.303 e. The van der Waals surface area contributed by atoms with Gasteiger partial charge < -0.3 is 4.74 Å². The van der Waals surface area contributed by atoms with Crippen LogP contribution in [0.2, 0.25) is 0 Å². The van der Waals surface area contributed by atoms with Crippen LogP contribution in [-0.4, -0.2) is 38.7 Å². The minimum Gasteiger partial charge on any atom is -0.457 e. The van der Waals surface area contributed by atoms with Crippen molar-refractivity contribution in [1.82, 2.24) is 14.5 Å². The maximum atomic E-state index is 12.9. The fourth-order valence-electron chi connectivity index (χ4n) is 3.08. The first-order valence-corrected chi connectivity index (χ1v) is 8.83. The van der Waals surface area contributed by atoms with Gasteiger partial charge in [0.1, 0.15) is 0 Å². The highest BCUT2D eigenvalue weighted by molar-refractivity contribution is 6.08. The molecule has 0 unspecified atom stereocenters. The fraction of sp³-hybridized carbons (Fsp3) is 0.250. The summed E-state index contributed by atoms with van der Waals surface area (Å²) in [6, 6.07) is 8.33. The number of aryl methyl sites for hydroxylation is 2. The Bertz CT molecular complexity index is 1210. The van der Waals surface area contributed by atoms with Gasteiger partial charge in [-0.05, 0) is 26.0 Å². The van der Waals surface area contributed by atoms with Crippen LogP contribution >= 0.6 is 0 Å². The average Bonchev–Trinajstić information content (AvgIpc) is 2.97. The van der Waals surface area contributed by atoms with Crippen molar-refractivity contribution in [3.8, 4) is 0 Å². The predicted molar refractivity (Wildman–Crippen MR) is 106 cm³/mol. The molecule has 9 heteroatoms. The second-order valence-electron chi connectivity index (χ2n) is 6.59. The molecule has 0 radical (unpaired) electrons. The van der Waals surface area contributed by atoms with Gasteiger partial charge in [0.05, 0.1) is 5.39 Å². The van der Waals surface area contributed by atoms with Crippen LogP contribution in [0.5, 0.6) is 0 Å². The number of fused-ring (bicyclic) bond motifs is 1. The number of hydrogen-bond acceptors (Lipinski definition) is 6. The summed E-state index contributed by atoms with van der Waals surface area (Å²) in [6.07, 6.45) is 0.